The van der Waals surface area contributed by atoms with Crippen molar-refractivity contribution in [3.8, 4) is 0 Å². The Hall–Kier alpha value is -1.79. The number of aryl methyl sites for hydroxylation is 1. The predicted octanol–water partition coefficient (Wildman–Crippen LogP) is 4.44. The van der Waals surface area contributed by atoms with Crippen molar-refractivity contribution in [2.45, 2.75) is 31.1 Å². The van der Waals surface area contributed by atoms with Gasteiger partial charge in [0.15, 0.2) is 0 Å². The van der Waals surface area contributed by atoms with E-state index < -0.39 is 8.87 Å². The van der Waals surface area contributed by atoms with Gasteiger partial charge in [-0.15, -0.1) is 0 Å². The van der Waals surface area contributed by atoms with E-state index in [9.17, 15) is 13.2 Å². The molecule has 2 rings (SSSR count). The molecule has 2 aromatic carbocycles. The van der Waals surface area contributed by atoms with Gasteiger partial charge in [-0.1, -0.05) is 35.9 Å². The highest BCUT2D eigenvalue weighted by Crippen LogP contribution is 2.24. The van der Waals surface area contributed by atoms with E-state index >= 15 is 0 Å². The minimum absolute atomic E-state index is 0.322. The Morgan fingerprint density at radius 3 is 2.32 bits per heavy atom. The SMILES string of the molecule is Cc1ccc(S(=O)(=O)SCCCCCOC(=O)c2ccccc2)cc1. The molecule has 0 aliphatic carbocycles. The van der Waals surface area contributed by atoms with Gasteiger partial charge in [-0.2, -0.15) is 0 Å². The van der Waals surface area contributed by atoms with Crippen LogP contribution in [-0.2, 0) is 13.6 Å². The molecule has 0 bridgehead atoms. The van der Waals surface area contributed by atoms with Crippen molar-refractivity contribution >= 4 is 25.6 Å². The number of ether oxygens (including phenoxy) is 1. The van der Waals surface area contributed by atoms with Crippen LogP contribution in [-0.4, -0.2) is 26.7 Å². The lowest BCUT2D eigenvalue weighted by Gasteiger charge is -2.06. The molecule has 0 aliphatic heterocycles. The van der Waals surface area contributed by atoms with Gasteiger partial charge in [-0.25, -0.2) is 13.2 Å². The second kappa shape index (κ2) is 9.63. The largest absolute Gasteiger partial charge is 0.462 e. The van der Waals surface area contributed by atoms with E-state index in [1.165, 1.54) is 0 Å². The third kappa shape index (κ3) is 6.55. The first-order valence-corrected chi connectivity index (χ1v) is 11.2. The molecule has 25 heavy (non-hydrogen) atoms. The molecule has 134 valence electrons. The van der Waals surface area contributed by atoms with E-state index in [2.05, 4.69) is 0 Å². The molecule has 0 radical (unpaired) electrons. The van der Waals surface area contributed by atoms with E-state index in [0.29, 0.717) is 22.8 Å². The first-order valence-electron chi connectivity index (χ1n) is 8.17. The highest BCUT2D eigenvalue weighted by Gasteiger charge is 2.14. The topological polar surface area (TPSA) is 60.4 Å². The molecular weight excluding hydrogens is 356 g/mol. The number of esters is 1. The van der Waals surface area contributed by atoms with Gasteiger partial charge in [0.1, 0.15) is 0 Å². The zero-order valence-electron chi connectivity index (χ0n) is 14.2. The van der Waals surface area contributed by atoms with Crippen molar-refractivity contribution in [2.24, 2.45) is 0 Å². The number of carbonyl (C=O) groups excluding carboxylic acids is 1. The maximum atomic E-state index is 12.2. The molecule has 0 aromatic heterocycles. The lowest BCUT2D eigenvalue weighted by Crippen LogP contribution is -2.06. The van der Waals surface area contributed by atoms with E-state index in [1.54, 1.807) is 48.5 Å². The standard InChI is InChI=1S/C19H22O4S2/c1-16-10-12-18(13-11-16)25(21,22)24-15-7-3-6-14-23-19(20)17-8-4-2-5-9-17/h2,4-5,8-13H,3,6-7,14-15H2,1H3. The van der Waals surface area contributed by atoms with Crippen molar-refractivity contribution in [1.29, 1.82) is 0 Å². The van der Waals surface area contributed by atoms with Crippen LogP contribution >= 0.6 is 10.8 Å². The smallest absolute Gasteiger partial charge is 0.338 e. The predicted molar refractivity (Wildman–Crippen MR) is 101 cm³/mol. The normalized spacial score (nSPS) is 11.2. The molecule has 0 saturated heterocycles. The van der Waals surface area contributed by atoms with Gasteiger partial charge in [-0.3, -0.25) is 0 Å². The summed E-state index contributed by atoms with van der Waals surface area (Å²) >= 11 is 0. The summed E-state index contributed by atoms with van der Waals surface area (Å²) in [5, 5.41) is 0. The Kier molecular flexibility index (Phi) is 7.52. The Balaban J connectivity index is 1.62. The summed E-state index contributed by atoms with van der Waals surface area (Å²) in [4.78, 5) is 12.1. The summed E-state index contributed by atoms with van der Waals surface area (Å²) in [5.74, 6) is 0.208. The number of carbonyl (C=O) groups is 1. The van der Waals surface area contributed by atoms with Gasteiger partial charge >= 0.3 is 5.97 Å². The van der Waals surface area contributed by atoms with Crippen molar-refractivity contribution in [1.82, 2.24) is 0 Å². The van der Waals surface area contributed by atoms with E-state index in [0.717, 1.165) is 35.6 Å². The zero-order chi connectivity index (χ0) is 18.1. The van der Waals surface area contributed by atoms with E-state index in [1.807, 2.05) is 13.0 Å². The molecule has 0 saturated carbocycles. The van der Waals surface area contributed by atoms with Gasteiger partial charge in [0, 0.05) is 5.75 Å². The number of rotatable bonds is 9. The lowest BCUT2D eigenvalue weighted by molar-refractivity contribution is 0.0498. The third-order valence-corrected chi connectivity index (χ3v) is 7.20. The number of hydrogen-bond donors (Lipinski definition) is 0. The second-order valence-corrected chi connectivity index (χ2v) is 9.70. The highest BCUT2D eigenvalue weighted by atomic mass is 33.1. The summed E-state index contributed by atoms with van der Waals surface area (Å²) < 4.78 is 29.5. The zero-order valence-corrected chi connectivity index (χ0v) is 15.8. The van der Waals surface area contributed by atoms with Crippen LogP contribution < -0.4 is 0 Å². The molecule has 0 heterocycles. The van der Waals surface area contributed by atoms with Gasteiger partial charge in [0.05, 0.1) is 17.1 Å². The summed E-state index contributed by atoms with van der Waals surface area (Å²) in [6.45, 7) is 2.28. The number of hydrogen-bond acceptors (Lipinski definition) is 5. The molecule has 0 aliphatic rings. The van der Waals surface area contributed by atoms with Gasteiger partial charge in [0.25, 0.3) is 0 Å². The van der Waals surface area contributed by atoms with Crippen molar-refractivity contribution in [3.05, 3.63) is 65.7 Å². The average molecular weight is 379 g/mol. The third-order valence-electron chi connectivity index (χ3n) is 3.58. The molecule has 6 heteroatoms. The van der Waals surface area contributed by atoms with Crippen molar-refractivity contribution in [3.63, 3.8) is 0 Å². The van der Waals surface area contributed by atoms with Crippen molar-refractivity contribution in [2.75, 3.05) is 12.4 Å². The molecule has 0 amide bonds. The van der Waals surface area contributed by atoms with Crippen LogP contribution in [0.25, 0.3) is 0 Å². The van der Waals surface area contributed by atoms with Crippen LogP contribution in [0.5, 0.6) is 0 Å². The maximum Gasteiger partial charge on any atom is 0.338 e. The minimum atomic E-state index is -3.29. The average Bonchev–Trinajstić information content (AvgIpc) is 2.62. The van der Waals surface area contributed by atoms with Crippen LogP contribution in [0.2, 0.25) is 0 Å². The van der Waals surface area contributed by atoms with Crippen LogP contribution in [0.1, 0.15) is 35.2 Å². The Morgan fingerprint density at radius 1 is 0.960 bits per heavy atom. The fourth-order valence-electron chi connectivity index (χ4n) is 2.14. The Bertz CT molecular complexity index is 769. The lowest BCUT2D eigenvalue weighted by atomic mass is 10.2. The molecule has 0 spiro atoms. The van der Waals surface area contributed by atoms with Crippen LogP contribution in [0.15, 0.2) is 59.5 Å². The summed E-state index contributed by atoms with van der Waals surface area (Å²) in [6, 6.07) is 15.7. The number of benzene rings is 2. The van der Waals surface area contributed by atoms with E-state index in [4.69, 9.17) is 4.74 Å². The Labute approximate surface area is 152 Å². The molecular formula is C19H22O4S2. The van der Waals surface area contributed by atoms with Gasteiger partial charge < -0.3 is 4.74 Å². The van der Waals surface area contributed by atoms with Crippen LogP contribution in [0, 0.1) is 6.92 Å². The second-order valence-electron chi connectivity index (χ2n) is 5.65. The summed E-state index contributed by atoms with van der Waals surface area (Å²) in [7, 11) is -2.32. The summed E-state index contributed by atoms with van der Waals surface area (Å²) in [5.41, 5.74) is 1.58. The molecule has 2 aromatic rings. The molecule has 0 fully saturated rings. The molecule has 4 nitrogen and oxygen atoms in total. The van der Waals surface area contributed by atoms with E-state index in [-0.39, 0.29) is 5.97 Å². The number of unbranched alkanes of at least 4 members (excludes halogenated alkanes) is 2. The minimum Gasteiger partial charge on any atom is -0.462 e. The first kappa shape index (κ1) is 19.5. The summed E-state index contributed by atoms with van der Waals surface area (Å²) in [6.07, 6.45) is 2.31. The van der Waals surface area contributed by atoms with Crippen LogP contribution in [0.3, 0.4) is 0 Å². The fraction of sp³-hybridized carbons (Fsp3) is 0.316. The fourth-order valence-corrected chi connectivity index (χ4v) is 5.05. The highest BCUT2D eigenvalue weighted by molar-refractivity contribution is 8.72. The molecule has 0 N–H and O–H groups in total. The molecule has 0 atom stereocenters. The van der Waals surface area contributed by atoms with Crippen LogP contribution in [0.4, 0.5) is 0 Å². The monoisotopic (exact) mass is 378 g/mol. The van der Waals surface area contributed by atoms with Crippen molar-refractivity contribution < 1.29 is 17.9 Å². The first-order chi connectivity index (χ1) is 12.0. The molecule has 0 unspecified atom stereocenters. The van der Waals surface area contributed by atoms with Gasteiger partial charge in [-0.05, 0) is 61.2 Å². The Morgan fingerprint density at radius 2 is 1.64 bits per heavy atom. The van der Waals surface area contributed by atoms with Gasteiger partial charge in [0.2, 0.25) is 8.87 Å². The maximum absolute atomic E-state index is 12.2. The quantitative estimate of drug-likeness (QED) is 0.367.